The SMILES string of the molecule is CCCC[C@@H]1C[C@@H](O)CN1C. The smallest absolute Gasteiger partial charge is 0.0682 e. The second-order valence-electron chi connectivity index (χ2n) is 3.63. The number of unbranched alkanes of at least 4 members (excludes halogenated alkanes) is 1. The number of likely N-dealkylation sites (tertiary alicyclic amines) is 1. The summed E-state index contributed by atoms with van der Waals surface area (Å²) in [6, 6.07) is 0.643. The Morgan fingerprint density at radius 3 is 2.73 bits per heavy atom. The molecule has 2 nitrogen and oxygen atoms in total. The second-order valence-corrected chi connectivity index (χ2v) is 3.63. The summed E-state index contributed by atoms with van der Waals surface area (Å²) in [5.41, 5.74) is 0. The van der Waals surface area contributed by atoms with E-state index in [0.29, 0.717) is 6.04 Å². The summed E-state index contributed by atoms with van der Waals surface area (Å²) in [5.74, 6) is 0. The number of hydrogen-bond acceptors (Lipinski definition) is 2. The Balaban J connectivity index is 2.23. The van der Waals surface area contributed by atoms with Crippen LogP contribution >= 0.6 is 0 Å². The summed E-state index contributed by atoms with van der Waals surface area (Å²) in [6.45, 7) is 3.08. The van der Waals surface area contributed by atoms with Gasteiger partial charge in [-0.15, -0.1) is 0 Å². The number of β-amino-alcohol motifs (C(OH)–C–C–N with tert-alkyl or cyclic N) is 1. The summed E-state index contributed by atoms with van der Waals surface area (Å²) in [6.07, 6.45) is 4.73. The first-order valence-corrected chi connectivity index (χ1v) is 4.62. The van der Waals surface area contributed by atoms with Crippen LogP contribution in [0.1, 0.15) is 32.6 Å². The number of rotatable bonds is 3. The molecule has 66 valence electrons. The van der Waals surface area contributed by atoms with Crippen LogP contribution < -0.4 is 0 Å². The third-order valence-corrected chi connectivity index (χ3v) is 2.56. The zero-order valence-corrected chi connectivity index (χ0v) is 7.58. The highest BCUT2D eigenvalue weighted by molar-refractivity contribution is 4.82. The first-order valence-electron chi connectivity index (χ1n) is 4.62. The minimum atomic E-state index is -0.0677. The molecule has 1 aliphatic heterocycles. The fourth-order valence-electron chi connectivity index (χ4n) is 1.83. The van der Waals surface area contributed by atoms with Gasteiger partial charge in [0.15, 0.2) is 0 Å². The van der Waals surface area contributed by atoms with E-state index in [0.717, 1.165) is 13.0 Å². The fraction of sp³-hybridized carbons (Fsp3) is 1.00. The van der Waals surface area contributed by atoms with E-state index < -0.39 is 0 Å². The molecule has 2 heteroatoms. The van der Waals surface area contributed by atoms with Crippen molar-refractivity contribution in [1.82, 2.24) is 4.90 Å². The van der Waals surface area contributed by atoms with Gasteiger partial charge in [0.2, 0.25) is 0 Å². The molecule has 0 amide bonds. The lowest BCUT2D eigenvalue weighted by Gasteiger charge is -2.17. The van der Waals surface area contributed by atoms with Crippen molar-refractivity contribution in [3.63, 3.8) is 0 Å². The Morgan fingerprint density at radius 1 is 1.55 bits per heavy atom. The maximum absolute atomic E-state index is 9.33. The number of nitrogens with zero attached hydrogens (tertiary/aromatic N) is 1. The van der Waals surface area contributed by atoms with Gasteiger partial charge in [-0.2, -0.15) is 0 Å². The van der Waals surface area contributed by atoms with Crippen LogP contribution in [0.4, 0.5) is 0 Å². The maximum Gasteiger partial charge on any atom is 0.0682 e. The summed E-state index contributed by atoms with van der Waals surface area (Å²) >= 11 is 0. The average Bonchev–Trinajstić information content (AvgIpc) is 2.26. The molecular formula is C9H19NO. The van der Waals surface area contributed by atoms with E-state index in [1.54, 1.807) is 0 Å². The Morgan fingerprint density at radius 2 is 2.27 bits per heavy atom. The molecule has 0 saturated carbocycles. The molecule has 1 fully saturated rings. The lowest BCUT2D eigenvalue weighted by Crippen LogP contribution is -2.24. The molecule has 0 radical (unpaired) electrons. The molecular weight excluding hydrogens is 138 g/mol. The third-order valence-electron chi connectivity index (χ3n) is 2.56. The zero-order valence-electron chi connectivity index (χ0n) is 7.58. The molecule has 0 aromatic heterocycles. The first kappa shape index (κ1) is 9.01. The molecule has 1 heterocycles. The van der Waals surface area contributed by atoms with Crippen molar-refractivity contribution < 1.29 is 5.11 Å². The van der Waals surface area contributed by atoms with E-state index in [9.17, 15) is 5.11 Å². The molecule has 0 aromatic carbocycles. The average molecular weight is 157 g/mol. The van der Waals surface area contributed by atoms with E-state index in [-0.39, 0.29) is 6.10 Å². The number of aliphatic hydroxyl groups excluding tert-OH is 1. The van der Waals surface area contributed by atoms with Gasteiger partial charge in [-0.1, -0.05) is 19.8 Å². The molecule has 1 aliphatic rings. The minimum Gasteiger partial charge on any atom is -0.392 e. The Kier molecular flexibility index (Phi) is 3.34. The second kappa shape index (κ2) is 4.07. The fourth-order valence-corrected chi connectivity index (χ4v) is 1.83. The van der Waals surface area contributed by atoms with Crippen LogP contribution in [0.25, 0.3) is 0 Å². The van der Waals surface area contributed by atoms with Crippen LogP contribution in [0, 0.1) is 0 Å². The molecule has 1 N–H and O–H groups in total. The standard InChI is InChI=1S/C9H19NO/c1-3-4-5-8-6-9(11)7-10(8)2/h8-9,11H,3-7H2,1-2H3/t8-,9-/m1/s1. The van der Waals surface area contributed by atoms with Gasteiger partial charge in [0.25, 0.3) is 0 Å². The molecule has 11 heavy (non-hydrogen) atoms. The van der Waals surface area contributed by atoms with Crippen molar-refractivity contribution in [2.24, 2.45) is 0 Å². The van der Waals surface area contributed by atoms with Crippen LogP contribution in [0.15, 0.2) is 0 Å². The zero-order chi connectivity index (χ0) is 8.27. The number of likely N-dealkylation sites (N-methyl/N-ethyl adjacent to an activating group) is 1. The monoisotopic (exact) mass is 157 g/mol. The van der Waals surface area contributed by atoms with Gasteiger partial charge in [0.05, 0.1) is 6.10 Å². The van der Waals surface area contributed by atoms with Crippen molar-refractivity contribution >= 4 is 0 Å². The van der Waals surface area contributed by atoms with Crippen molar-refractivity contribution in [3.8, 4) is 0 Å². The van der Waals surface area contributed by atoms with E-state index in [1.807, 2.05) is 0 Å². The van der Waals surface area contributed by atoms with Crippen molar-refractivity contribution in [2.75, 3.05) is 13.6 Å². The largest absolute Gasteiger partial charge is 0.392 e. The highest BCUT2D eigenvalue weighted by Crippen LogP contribution is 2.20. The lowest BCUT2D eigenvalue weighted by atomic mass is 10.1. The predicted octanol–water partition coefficient (Wildman–Crippen LogP) is 1.24. The molecule has 0 spiro atoms. The number of hydrogen-bond donors (Lipinski definition) is 1. The van der Waals surface area contributed by atoms with Gasteiger partial charge in [0, 0.05) is 12.6 Å². The molecule has 1 saturated heterocycles. The van der Waals surface area contributed by atoms with Gasteiger partial charge in [-0.3, -0.25) is 0 Å². The summed E-state index contributed by atoms with van der Waals surface area (Å²) in [5, 5.41) is 9.33. The summed E-state index contributed by atoms with van der Waals surface area (Å²) < 4.78 is 0. The highest BCUT2D eigenvalue weighted by Gasteiger charge is 2.26. The maximum atomic E-state index is 9.33. The highest BCUT2D eigenvalue weighted by atomic mass is 16.3. The topological polar surface area (TPSA) is 23.5 Å². The van der Waals surface area contributed by atoms with Crippen LogP contribution in [0.2, 0.25) is 0 Å². The number of aliphatic hydroxyl groups is 1. The van der Waals surface area contributed by atoms with Crippen molar-refractivity contribution in [1.29, 1.82) is 0 Å². The molecule has 0 aliphatic carbocycles. The van der Waals surface area contributed by atoms with E-state index in [1.165, 1.54) is 19.3 Å². The van der Waals surface area contributed by atoms with E-state index >= 15 is 0 Å². The van der Waals surface area contributed by atoms with Gasteiger partial charge in [0.1, 0.15) is 0 Å². The lowest BCUT2D eigenvalue weighted by molar-refractivity contribution is 0.182. The Hall–Kier alpha value is -0.0800. The first-order chi connectivity index (χ1) is 5.24. The molecule has 0 bridgehead atoms. The molecule has 0 unspecified atom stereocenters. The Labute approximate surface area is 69.2 Å². The van der Waals surface area contributed by atoms with E-state index in [2.05, 4.69) is 18.9 Å². The van der Waals surface area contributed by atoms with Crippen LogP contribution in [0.3, 0.4) is 0 Å². The normalized spacial score (nSPS) is 33.0. The molecule has 0 aromatic rings. The minimum absolute atomic E-state index is 0.0677. The van der Waals surface area contributed by atoms with E-state index in [4.69, 9.17) is 0 Å². The molecule has 2 atom stereocenters. The third kappa shape index (κ3) is 2.46. The van der Waals surface area contributed by atoms with Crippen molar-refractivity contribution in [3.05, 3.63) is 0 Å². The van der Waals surface area contributed by atoms with Crippen LogP contribution in [0.5, 0.6) is 0 Å². The van der Waals surface area contributed by atoms with Gasteiger partial charge in [-0.05, 0) is 19.9 Å². The molecule has 1 rings (SSSR count). The predicted molar refractivity (Wildman–Crippen MR) is 46.6 cm³/mol. The van der Waals surface area contributed by atoms with Gasteiger partial charge in [-0.25, -0.2) is 0 Å². The quantitative estimate of drug-likeness (QED) is 0.666. The van der Waals surface area contributed by atoms with Crippen LogP contribution in [-0.2, 0) is 0 Å². The van der Waals surface area contributed by atoms with Crippen molar-refractivity contribution in [2.45, 2.75) is 44.8 Å². The van der Waals surface area contributed by atoms with Crippen LogP contribution in [-0.4, -0.2) is 35.7 Å². The summed E-state index contributed by atoms with van der Waals surface area (Å²) in [4.78, 5) is 2.28. The Bertz CT molecular complexity index is 116. The summed E-state index contributed by atoms with van der Waals surface area (Å²) in [7, 11) is 2.11. The van der Waals surface area contributed by atoms with Gasteiger partial charge >= 0.3 is 0 Å². The van der Waals surface area contributed by atoms with Gasteiger partial charge < -0.3 is 10.0 Å².